The molecule has 1 aromatic carbocycles. The van der Waals surface area contributed by atoms with Crippen LogP contribution in [0.2, 0.25) is 5.15 Å². The fourth-order valence-electron chi connectivity index (χ4n) is 3.10. The fourth-order valence-corrected chi connectivity index (χ4v) is 3.26. The number of benzene rings is 1. The van der Waals surface area contributed by atoms with Crippen LogP contribution in [-0.2, 0) is 0 Å². The predicted octanol–water partition coefficient (Wildman–Crippen LogP) is 5.45. The van der Waals surface area contributed by atoms with Gasteiger partial charge < -0.3 is 4.90 Å². The number of pyridine rings is 3. The highest BCUT2D eigenvalue weighted by molar-refractivity contribution is 6.29. The van der Waals surface area contributed by atoms with Gasteiger partial charge in [0.15, 0.2) is 0 Å². The minimum absolute atomic E-state index is 0.152. The van der Waals surface area contributed by atoms with E-state index in [1.807, 2.05) is 54.9 Å². The second kappa shape index (κ2) is 7.98. The van der Waals surface area contributed by atoms with Crippen LogP contribution in [0, 0.1) is 0 Å². The molecule has 0 fully saturated rings. The molecule has 3 aromatic heterocycles. The van der Waals surface area contributed by atoms with Gasteiger partial charge in [-0.15, -0.1) is 0 Å². The zero-order valence-corrected chi connectivity index (χ0v) is 15.2. The first-order chi connectivity index (χ1) is 13.3. The van der Waals surface area contributed by atoms with Gasteiger partial charge in [-0.3, -0.25) is 9.97 Å². The monoisotopic (exact) mass is 372 g/mol. The molecule has 0 N–H and O–H groups in total. The summed E-state index contributed by atoms with van der Waals surface area (Å²) in [7, 11) is 0. The van der Waals surface area contributed by atoms with Crippen molar-refractivity contribution < 1.29 is 0 Å². The molecule has 0 atom stereocenters. The van der Waals surface area contributed by atoms with E-state index in [9.17, 15) is 0 Å². The molecule has 3 heterocycles. The Hall–Kier alpha value is -3.24. The number of halogens is 1. The quantitative estimate of drug-likeness (QED) is 0.437. The van der Waals surface area contributed by atoms with Gasteiger partial charge in [0.25, 0.3) is 0 Å². The topological polar surface area (TPSA) is 41.9 Å². The number of nitrogens with zero attached hydrogens (tertiary/aromatic N) is 4. The van der Waals surface area contributed by atoms with Gasteiger partial charge in [0.2, 0.25) is 0 Å². The number of aromatic nitrogens is 3. The van der Waals surface area contributed by atoms with E-state index in [1.165, 1.54) is 0 Å². The molecular formula is C22H17ClN4. The molecule has 0 spiro atoms. The summed E-state index contributed by atoms with van der Waals surface area (Å²) in [6.45, 7) is 0. The highest BCUT2D eigenvalue weighted by atomic mass is 35.5. The third kappa shape index (κ3) is 3.81. The Labute approximate surface area is 163 Å². The van der Waals surface area contributed by atoms with E-state index in [4.69, 9.17) is 11.6 Å². The number of hydrogen-bond donors (Lipinski definition) is 0. The predicted molar refractivity (Wildman–Crippen MR) is 108 cm³/mol. The normalized spacial score (nSPS) is 10.7. The Morgan fingerprint density at radius 1 is 0.704 bits per heavy atom. The Morgan fingerprint density at radius 2 is 1.37 bits per heavy atom. The summed E-state index contributed by atoms with van der Waals surface area (Å²) in [5.74, 6) is 0.756. The van der Waals surface area contributed by atoms with Gasteiger partial charge in [0, 0.05) is 30.5 Å². The number of hydrogen-bond acceptors (Lipinski definition) is 4. The molecule has 27 heavy (non-hydrogen) atoms. The molecule has 0 aliphatic heterocycles. The van der Waals surface area contributed by atoms with Crippen molar-refractivity contribution in [1.82, 2.24) is 15.0 Å². The van der Waals surface area contributed by atoms with Crippen molar-refractivity contribution in [1.29, 1.82) is 0 Å². The van der Waals surface area contributed by atoms with Crippen LogP contribution >= 0.6 is 11.6 Å². The molecule has 132 valence electrons. The Balaban J connectivity index is 1.94. The molecule has 0 saturated carbocycles. The van der Waals surface area contributed by atoms with E-state index in [-0.39, 0.29) is 6.04 Å². The maximum absolute atomic E-state index is 6.21. The molecule has 0 unspecified atom stereocenters. The first-order valence-electron chi connectivity index (χ1n) is 8.59. The smallest absolute Gasteiger partial charge is 0.135 e. The molecule has 4 rings (SSSR count). The van der Waals surface area contributed by atoms with Crippen molar-refractivity contribution in [3.8, 4) is 0 Å². The molecule has 0 amide bonds. The SMILES string of the molecule is Clc1cccc(N(c2ccccc2)C(c2cccnc2)c2cccnc2)n1. The van der Waals surface area contributed by atoms with Gasteiger partial charge in [-0.25, -0.2) is 4.98 Å². The number of anilines is 2. The molecule has 0 saturated heterocycles. The lowest BCUT2D eigenvalue weighted by Gasteiger charge is -2.33. The van der Waals surface area contributed by atoms with Gasteiger partial charge in [0.1, 0.15) is 11.0 Å². The second-order valence-corrected chi connectivity index (χ2v) is 6.39. The van der Waals surface area contributed by atoms with Crippen molar-refractivity contribution in [2.75, 3.05) is 4.90 Å². The van der Waals surface area contributed by atoms with E-state index in [1.54, 1.807) is 18.5 Å². The van der Waals surface area contributed by atoms with Crippen LogP contribution in [0.4, 0.5) is 11.5 Å². The average molecular weight is 373 g/mol. The lowest BCUT2D eigenvalue weighted by Crippen LogP contribution is -2.26. The van der Waals surface area contributed by atoms with Crippen LogP contribution in [0.25, 0.3) is 0 Å². The standard InChI is InChI=1S/C22H17ClN4/c23-20-11-4-12-21(26-20)27(19-9-2-1-3-10-19)22(17-7-5-13-24-15-17)18-8-6-14-25-16-18/h1-16,22H. The van der Waals surface area contributed by atoms with Crippen LogP contribution < -0.4 is 4.90 Å². The highest BCUT2D eigenvalue weighted by Gasteiger charge is 2.26. The van der Waals surface area contributed by atoms with Crippen LogP contribution in [0.1, 0.15) is 17.2 Å². The van der Waals surface area contributed by atoms with Crippen molar-refractivity contribution in [3.05, 3.63) is 114 Å². The minimum atomic E-state index is -0.152. The molecule has 0 aliphatic carbocycles. The molecule has 0 radical (unpaired) electrons. The molecule has 4 nitrogen and oxygen atoms in total. The van der Waals surface area contributed by atoms with Gasteiger partial charge in [-0.1, -0.05) is 48.0 Å². The number of rotatable bonds is 5. The molecular weight excluding hydrogens is 356 g/mol. The molecule has 4 aromatic rings. The molecule has 5 heteroatoms. The molecule has 0 aliphatic rings. The van der Waals surface area contributed by atoms with E-state index in [2.05, 4.69) is 44.1 Å². The summed E-state index contributed by atoms with van der Waals surface area (Å²) in [6, 6.07) is 23.6. The largest absolute Gasteiger partial charge is 0.315 e. The summed E-state index contributed by atoms with van der Waals surface area (Å²) in [5, 5.41) is 0.449. The zero-order valence-electron chi connectivity index (χ0n) is 14.5. The van der Waals surface area contributed by atoms with Crippen molar-refractivity contribution in [2.24, 2.45) is 0 Å². The third-order valence-corrected chi connectivity index (χ3v) is 4.45. The number of para-hydroxylation sites is 1. The van der Waals surface area contributed by atoms with Crippen molar-refractivity contribution >= 4 is 23.1 Å². The van der Waals surface area contributed by atoms with Gasteiger partial charge in [-0.2, -0.15) is 0 Å². The van der Waals surface area contributed by atoms with Crippen molar-refractivity contribution in [3.63, 3.8) is 0 Å². The van der Waals surface area contributed by atoms with Gasteiger partial charge in [-0.05, 0) is 47.5 Å². The highest BCUT2D eigenvalue weighted by Crippen LogP contribution is 2.38. The first kappa shape index (κ1) is 17.2. The lowest BCUT2D eigenvalue weighted by molar-refractivity contribution is 0.796. The first-order valence-corrected chi connectivity index (χ1v) is 8.97. The maximum Gasteiger partial charge on any atom is 0.135 e. The van der Waals surface area contributed by atoms with E-state index in [0.717, 1.165) is 22.6 Å². The maximum atomic E-state index is 6.21. The zero-order chi connectivity index (χ0) is 18.5. The Bertz CT molecular complexity index is 955. The summed E-state index contributed by atoms with van der Waals surface area (Å²) >= 11 is 6.21. The summed E-state index contributed by atoms with van der Waals surface area (Å²) in [4.78, 5) is 15.4. The second-order valence-electron chi connectivity index (χ2n) is 6.00. The van der Waals surface area contributed by atoms with E-state index < -0.39 is 0 Å². The lowest BCUT2D eigenvalue weighted by atomic mass is 9.99. The van der Waals surface area contributed by atoms with Crippen LogP contribution in [0.3, 0.4) is 0 Å². The average Bonchev–Trinajstić information content (AvgIpc) is 2.74. The van der Waals surface area contributed by atoms with E-state index >= 15 is 0 Å². The van der Waals surface area contributed by atoms with E-state index in [0.29, 0.717) is 5.15 Å². The minimum Gasteiger partial charge on any atom is -0.315 e. The summed E-state index contributed by atoms with van der Waals surface area (Å²) in [5.41, 5.74) is 3.08. The van der Waals surface area contributed by atoms with Gasteiger partial charge in [0.05, 0.1) is 6.04 Å². The summed E-state index contributed by atoms with van der Waals surface area (Å²) in [6.07, 6.45) is 7.29. The third-order valence-electron chi connectivity index (χ3n) is 4.24. The van der Waals surface area contributed by atoms with Crippen LogP contribution in [0.15, 0.2) is 97.6 Å². The fraction of sp³-hybridized carbons (Fsp3) is 0.0455. The Morgan fingerprint density at radius 3 is 1.93 bits per heavy atom. The summed E-state index contributed by atoms with van der Waals surface area (Å²) < 4.78 is 0. The van der Waals surface area contributed by atoms with Gasteiger partial charge >= 0.3 is 0 Å². The Kier molecular flexibility index (Phi) is 5.08. The van der Waals surface area contributed by atoms with Crippen LogP contribution in [0.5, 0.6) is 0 Å². The van der Waals surface area contributed by atoms with Crippen molar-refractivity contribution in [2.45, 2.75) is 6.04 Å². The molecule has 0 bridgehead atoms. The van der Waals surface area contributed by atoms with Crippen LogP contribution in [-0.4, -0.2) is 15.0 Å².